The van der Waals surface area contributed by atoms with Crippen molar-refractivity contribution in [2.24, 2.45) is 0 Å². The van der Waals surface area contributed by atoms with Gasteiger partial charge in [0.25, 0.3) is 0 Å². The van der Waals surface area contributed by atoms with Crippen LogP contribution in [0.2, 0.25) is 0 Å². The zero-order valence-electron chi connectivity index (χ0n) is 13.0. The molecule has 0 radical (unpaired) electrons. The fraction of sp³-hybridized carbons (Fsp3) is 0.615. The zero-order valence-corrected chi connectivity index (χ0v) is 13.8. The molecule has 130 valence electrons. The minimum Gasteiger partial charge on any atom is -0.481 e. The van der Waals surface area contributed by atoms with Gasteiger partial charge in [-0.25, -0.2) is 0 Å². The minimum atomic E-state index is -0.895. The Hall–Kier alpha value is -2.14. The quantitative estimate of drug-likeness (QED) is 0.716. The summed E-state index contributed by atoms with van der Waals surface area (Å²) in [4.78, 5) is 23.7. The van der Waals surface area contributed by atoms with Gasteiger partial charge in [0.2, 0.25) is 0 Å². The van der Waals surface area contributed by atoms with Crippen LogP contribution in [0.15, 0.2) is 4.79 Å². The number of aryl methyl sites for hydroxylation is 1. The molecule has 1 fully saturated rings. The van der Waals surface area contributed by atoms with Crippen LogP contribution in [0.5, 0.6) is 0 Å². The van der Waals surface area contributed by atoms with Crippen molar-refractivity contribution in [1.29, 1.82) is 0 Å². The lowest BCUT2D eigenvalue weighted by atomic mass is 10.2. The lowest BCUT2D eigenvalue weighted by Crippen LogP contribution is -2.30. The summed E-state index contributed by atoms with van der Waals surface area (Å²) >= 11 is 1.42. The van der Waals surface area contributed by atoms with E-state index in [1.54, 1.807) is 0 Å². The number of thioether (sulfide) groups is 1. The third-order valence-corrected chi connectivity index (χ3v) is 4.85. The molecule has 2 atom stereocenters. The second-order valence-corrected chi connectivity index (χ2v) is 6.60. The highest BCUT2D eigenvalue weighted by atomic mass is 32.2. The first-order chi connectivity index (χ1) is 11.5. The summed E-state index contributed by atoms with van der Waals surface area (Å²) in [6.07, 6.45) is 1.07. The SMILES string of the molecule is CCCc1nn(O)c2c(=O)n(C3CSC(CCC(=O)O)O3)nnc12. The van der Waals surface area contributed by atoms with Gasteiger partial charge in [-0.2, -0.15) is 4.68 Å². The summed E-state index contributed by atoms with van der Waals surface area (Å²) < 4.78 is 6.74. The Morgan fingerprint density at radius 1 is 1.50 bits per heavy atom. The Kier molecular flexibility index (Phi) is 4.71. The van der Waals surface area contributed by atoms with Gasteiger partial charge in [0.15, 0.2) is 11.7 Å². The largest absolute Gasteiger partial charge is 0.481 e. The number of fused-ring (bicyclic) bond motifs is 1. The monoisotopic (exact) mass is 355 g/mol. The van der Waals surface area contributed by atoms with E-state index in [1.165, 1.54) is 11.8 Å². The Balaban J connectivity index is 1.86. The maximum atomic E-state index is 12.6. The number of aromatic nitrogens is 5. The second kappa shape index (κ2) is 6.77. The highest BCUT2D eigenvalue weighted by Crippen LogP contribution is 2.33. The van der Waals surface area contributed by atoms with E-state index in [9.17, 15) is 14.8 Å². The van der Waals surface area contributed by atoms with E-state index < -0.39 is 17.8 Å². The lowest BCUT2D eigenvalue weighted by Gasteiger charge is -2.12. The summed E-state index contributed by atoms with van der Waals surface area (Å²) in [6, 6.07) is 0. The van der Waals surface area contributed by atoms with Crippen LogP contribution in [0.4, 0.5) is 0 Å². The number of nitrogens with zero attached hydrogens (tertiary/aromatic N) is 5. The summed E-state index contributed by atoms with van der Waals surface area (Å²) in [5, 5.41) is 30.4. The molecule has 3 rings (SSSR count). The fourth-order valence-corrected chi connectivity index (χ4v) is 3.63. The topological polar surface area (TPSA) is 132 Å². The molecule has 24 heavy (non-hydrogen) atoms. The standard InChI is InChI=1S/C13H17N5O5S/c1-2-3-7-11-12(18(22)15-7)13(21)17(16-14-11)8-6-24-10(23-8)5-4-9(19)20/h8,10,22H,2-6H2,1H3,(H,19,20). The highest BCUT2D eigenvalue weighted by Gasteiger charge is 2.30. The number of carboxylic acids is 1. The van der Waals surface area contributed by atoms with E-state index >= 15 is 0 Å². The number of hydrogen-bond acceptors (Lipinski definition) is 8. The maximum absolute atomic E-state index is 12.6. The van der Waals surface area contributed by atoms with Crippen molar-refractivity contribution < 1.29 is 19.8 Å². The molecule has 1 aliphatic rings. The number of rotatable bonds is 6. The number of carboxylic acid groups (broad SMARTS) is 1. The van der Waals surface area contributed by atoms with E-state index in [-0.39, 0.29) is 22.9 Å². The molecule has 3 heterocycles. The van der Waals surface area contributed by atoms with E-state index in [1.807, 2.05) is 6.92 Å². The van der Waals surface area contributed by atoms with Gasteiger partial charge in [-0.15, -0.1) is 22.0 Å². The van der Waals surface area contributed by atoms with Crippen molar-refractivity contribution >= 4 is 28.8 Å². The lowest BCUT2D eigenvalue weighted by molar-refractivity contribution is -0.137. The molecule has 0 saturated carbocycles. The van der Waals surface area contributed by atoms with Crippen LogP contribution in [0, 0.1) is 0 Å². The van der Waals surface area contributed by atoms with Gasteiger partial charge in [0.1, 0.15) is 11.0 Å². The Morgan fingerprint density at radius 2 is 2.29 bits per heavy atom. The summed E-state index contributed by atoms with van der Waals surface area (Å²) in [7, 11) is 0. The van der Waals surface area contributed by atoms with Gasteiger partial charge in [-0.05, 0) is 12.8 Å². The summed E-state index contributed by atoms with van der Waals surface area (Å²) in [6.45, 7) is 1.96. The van der Waals surface area contributed by atoms with Gasteiger partial charge in [-0.1, -0.05) is 23.4 Å². The molecule has 10 nitrogen and oxygen atoms in total. The number of carbonyl (C=O) groups is 1. The van der Waals surface area contributed by atoms with E-state index in [4.69, 9.17) is 9.84 Å². The third kappa shape index (κ3) is 3.08. The van der Waals surface area contributed by atoms with Gasteiger partial charge in [-0.3, -0.25) is 9.59 Å². The number of ether oxygens (including phenoxy) is 1. The van der Waals surface area contributed by atoms with Crippen LogP contribution in [-0.4, -0.2) is 52.4 Å². The molecule has 11 heteroatoms. The third-order valence-electron chi connectivity index (χ3n) is 3.65. The van der Waals surface area contributed by atoms with Gasteiger partial charge in [0, 0.05) is 12.2 Å². The van der Waals surface area contributed by atoms with Crippen LogP contribution in [0.25, 0.3) is 11.0 Å². The van der Waals surface area contributed by atoms with Crippen molar-refractivity contribution in [3.8, 4) is 0 Å². The molecule has 0 spiro atoms. The normalized spacial score (nSPS) is 20.7. The Bertz CT molecular complexity index is 819. The zero-order chi connectivity index (χ0) is 17.3. The molecule has 0 aromatic carbocycles. The number of aliphatic carboxylic acids is 1. The van der Waals surface area contributed by atoms with Crippen LogP contribution in [-0.2, 0) is 16.0 Å². The van der Waals surface area contributed by atoms with Crippen LogP contribution >= 0.6 is 11.8 Å². The molecule has 0 bridgehead atoms. The fourth-order valence-electron chi connectivity index (χ4n) is 2.53. The molecule has 2 aromatic heterocycles. The van der Waals surface area contributed by atoms with E-state index in [2.05, 4.69) is 15.4 Å². The predicted molar refractivity (Wildman–Crippen MR) is 84.0 cm³/mol. The Morgan fingerprint density at radius 3 is 3.00 bits per heavy atom. The maximum Gasteiger partial charge on any atom is 0.303 e. The first-order valence-corrected chi connectivity index (χ1v) is 8.61. The van der Waals surface area contributed by atoms with E-state index in [0.29, 0.717) is 29.1 Å². The first-order valence-electron chi connectivity index (χ1n) is 7.56. The van der Waals surface area contributed by atoms with Crippen molar-refractivity contribution in [3.05, 3.63) is 16.0 Å². The van der Waals surface area contributed by atoms with E-state index in [0.717, 1.165) is 11.1 Å². The van der Waals surface area contributed by atoms with Crippen molar-refractivity contribution in [2.75, 3.05) is 5.75 Å². The second-order valence-electron chi connectivity index (χ2n) is 5.41. The Labute approximate surface area is 140 Å². The smallest absolute Gasteiger partial charge is 0.303 e. The predicted octanol–water partition coefficient (Wildman–Crippen LogP) is 0.631. The average molecular weight is 355 g/mol. The molecule has 1 aliphatic heterocycles. The van der Waals surface area contributed by atoms with Crippen LogP contribution in [0.3, 0.4) is 0 Å². The highest BCUT2D eigenvalue weighted by molar-refractivity contribution is 7.99. The first kappa shape index (κ1) is 16.7. The molecule has 0 amide bonds. The molecular formula is C13H17N5O5S. The molecular weight excluding hydrogens is 338 g/mol. The molecule has 0 aliphatic carbocycles. The van der Waals surface area contributed by atoms with Gasteiger partial charge >= 0.3 is 11.5 Å². The average Bonchev–Trinajstić information content (AvgIpc) is 3.12. The molecule has 2 N–H and O–H groups in total. The number of hydrogen-bond donors (Lipinski definition) is 2. The molecule has 2 aromatic rings. The molecule has 2 unspecified atom stereocenters. The molecule has 1 saturated heterocycles. The van der Waals surface area contributed by atoms with Crippen LogP contribution in [0.1, 0.15) is 38.1 Å². The van der Waals surface area contributed by atoms with Gasteiger partial charge in [0.05, 0.1) is 5.69 Å². The summed E-state index contributed by atoms with van der Waals surface area (Å²) in [5.74, 6) is -0.445. The minimum absolute atomic E-state index is 0.00616. The summed E-state index contributed by atoms with van der Waals surface area (Å²) in [5.41, 5.74) is -0.0791. The van der Waals surface area contributed by atoms with Crippen molar-refractivity contribution in [1.82, 2.24) is 24.9 Å². The van der Waals surface area contributed by atoms with Crippen molar-refractivity contribution in [2.45, 2.75) is 44.3 Å². The van der Waals surface area contributed by atoms with Crippen molar-refractivity contribution in [3.63, 3.8) is 0 Å². The van der Waals surface area contributed by atoms with Crippen LogP contribution < -0.4 is 5.56 Å². The van der Waals surface area contributed by atoms with Gasteiger partial charge < -0.3 is 15.1 Å².